The van der Waals surface area contributed by atoms with E-state index in [1.165, 1.54) is 21.1 Å². The summed E-state index contributed by atoms with van der Waals surface area (Å²) in [5.74, 6) is 0. The molecule has 3 aromatic carbocycles. The van der Waals surface area contributed by atoms with Gasteiger partial charge in [-0.1, -0.05) is 54.6 Å². The number of benzene rings is 3. The van der Waals surface area contributed by atoms with Crippen LogP contribution in [0.3, 0.4) is 0 Å². The standard InChI is InChI=1S/C29H21NOS2/c31-21-27-18-20-29(33-27)28-19-17-26(32-28)16-13-22-11-14-25(15-12-22)30(23-7-3-1-4-8-23)24-9-5-2-6-10-24/h1-21H/b16-13+. The van der Waals surface area contributed by atoms with Gasteiger partial charge < -0.3 is 4.90 Å². The van der Waals surface area contributed by atoms with Gasteiger partial charge in [0.25, 0.3) is 0 Å². The van der Waals surface area contributed by atoms with Gasteiger partial charge in [-0.2, -0.15) is 0 Å². The average Bonchev–Trinajstić information content (AvgIpc) is 3.55. The Labute approximate surface area is 201 Å². The van der Waals surface area contributed by atoms with Gasteiger partial charge in [0.15, 0.2) is 6.29 Å². The maximum absolute atomic E-state index is 10.9. The van der Waals surface area contributed by atoms with E-state index in [1.807, 2.05) is 24.3 Å². The Hall–Kier alpha value is -3.73. The quantitative estimate of drug-likeness (QED) is 0.225. The van der Waals surface area contributed by atoms with Crippen LogP contribution in [0, 0.1) is 0 Å². The van der Waals surface area contributed by atoms with Crippen LogP contribution in [0.25, 0.3) is 21.9 Å². The maximum atomic E-state index is 10.9. The van der Waals surface area contributed by atoms with Crippen LogP contribution in [0.5, 0.6) is 0 Å². The van der Waals surface area contributed by atoms with Gasteiger partial charge in [0.05, 0.1) is 4.88 Å². The fraction of sp³-hybridized carbons (Fsp3) is 0. The Morgan fingerprint density at radius 2 is 1.03 bits per heavy atom. The molecule has 2 nitrogen and oxygen atoms in total. The lowest BCUT2D eigenvalue weighted by Crippen LogP contribution is -2.09. The number of rotatable bonds is 7. The van der Waals surface area contributed by atoms with Gasteiger partial charge >= 0.3 is 0 Å². The highest BCUT2D eigenvalue weighted by Gasteiger charge is 2.11. The summed E-state index contributed by atoms with van der Waals surface area (Å²) in [7, 11) is 0. The van der Waals surface area contributed by atoms with Crippen LogP contribution in [-0.2, 0) is 0 Å². The third-order valence-electron chi connectivity index (χ3n) is 5.23. The molecule has 0 radical (unpaired) electrons. The van der Waals surface area contributed by atoms with Gasteiger partial charge in [-0.05, 0) is 72.3 Å². The molecule has 4 heteroatoms. The molecule has 0 amide bonds. The fourth-order valence-electron chi connectivity index (χ4n) is 3.64. The lowest BCUT2D eigenvalue weighted by molar-refractivity contribution is 0.112. The van der Waals surface area contributed by atoms with Crippen molar-refractivity contribution in [2.75, 3.05) is 4.90 Å². The van der Waals surface area contributed by atoms with E-state index in [-0.39, 0.29) is 0 Å². The highest BCUT2D eigenvalue weighted by molar-refractivity contribution is 7.23. The lowest BCUT2D eigenvalue weighted by Gasteiger charge is -2.25. The van der Waals surface area contributed by atoms with E-state index in [0.29, 0.717) is 0 Å². The average molecular weight is 464 g/mol. The number of hydrogen-bond donors (Lipinski definition) is 0. The topological polar surface area (TPSA) is 20.3 Å². The van der Waals surface area contributed by atoms with Gasteiger partial charge in [0, 0.05) is 31.7 Å². The third-order valence-corrected chi connectivity index (χ3v) is 7.49. The van der Waals surface area contributed by atoms with Crippen molar-refractivity contribution >= 4 is 58.2 Å². The molecule has 0 fully saturated rings. The Kier molecular flexibility index (Phi) is 6.29. The second-order valence-electron chi connectivity index (χ2n) is 7.45. The van der Waals surface area contributed by atoms with E-state index >= 15 is 0 Å². The molecule has 0 aliphatic carbocycles. The summed E-state index contributed by atoms with van der Waals surface area (Å²) in [6.07, 6.45) is 5.19. The van der Waals surface area contributed by atoms with Crippen molar-refractivity contribution in [2.45, 2.75) is 0 Å². The van der Waals surface area contributed by atoms with Crippen LogP contribution in [0.15, 0.2) is 109 Å². The number of carbonyl (C=O) groups is 1. The van der Waals surface area contributed by atoms with Gasteiger partial charge in [-0.15, -0.1) is 22.7 Å². The van der Waals surface area contributed by atoms with Crippen molar-refractivity contribution in [2.24, 2.45) is 0 Å². The predicted octanol–water partition coefficient (Wildman–Crippen LogP) is 8.93. The van der Waals surface area contributed by atoms with Crippen LogP contribution in [0.2, 0.25) is 0 Å². The summed E-state index contributed by atoms with van der Waals surface area (Å²) < 4.78 is 0. The first-order valence-electron chi connectivity index (χ1n) is 10.6. The highest BCUT2D eigenvalue weighted by Crippen LogP contribution is 2.35. The summed E-state index contributed by atoms with van der Waals surface area (Å²) >= 11 is 3.26. The third kappa shape index (κ3) is 4.87. The summed E-state index contributed by atoms with van der Waals surface area (Å²) in [6.45, 7) is 0. The molecular formula is C29H21NOS2. The molecule has 0 unspecified atom stereocenters. The molecule has 0 aliphatic rings. The minimum Gasteiger partial charge on any atom is -0.311 e. The van der Waals surface area contributed by atoms with Gasteiger partial charge in [0.2, 0.25) is 0 Å². The van der Waals surface area contributed by atoms with Crippen molar-refractivity contribution in [3.8, 4) is 9.75 Å². The van der Waals surface area contributed by atoms with Crippen LogP contribution >= 0.6 is 22.7 Å². The van der Waals surface area contributed by atoms with Crippen molar-refractivity contribution in [1.82, 2.24) is 0 Å². The zero-order valence-electron chi connectivity index (χ0n) is 17.8. The minimum atomic E-state index is 0.760. The molecule has 2 aromatic heterocycles. The molecule has 5 rings (SSSR count). The maximum Gasteiger partial charge on any atom is 0.160 e. The minimum absolute atomic E-state index is 0.760. The molecule has 0 bridgehead atoms. The molecule has 2 heterocycles. The number of aldehydes is 1. The molecule has 0 N–H and O–H groups in total. The smallest absolute Gasteiger partial charge is 0.160 e. The molecule has 160 valence electrons. The molecule has 0 saturated heterocycles. The lowest BCUT2D eigenvalue weighted by atomic mass is 10.1. The van der Waals surface area contributed by atoms with Crippen LogP contribution in [0.4, 0.5) is 17.1 Å². The number of para-hydroxylation sites is 2. The van der Waals surface area contributed by atoms with E-state index in [2.05, 4.69) is 102 Å². The molecule has 0 spiro atoms. The number of hydrogen-bond acceptors (Lipinski definition) is 4. The zero-order valence-corrected chi connectivity index (χ0v) is 19.4. The summed E-state index contributed by atoms with van der Waals surface area (Å²) in [4.78, 5) is 17.5. The van der Waals surface area contributed by atoms with E-state index in [4.69, 9.17) is 0 Å². The summed E-state index contributed by atoms with van der Waals surface area (Å²) in [5, 5.41) is 0. The monoisotopic (exact) mass is 463 g/mol. The fourth-order valence-corrected chi connectivity index (χ4v) is 5.46. The summed E-state index contributed by atoms with van der Waals surface area (Å²) in [5.41, 5.74) is 4.52. The van der Waals surface area contributed by atoms with Crippen molar-refractivity contribution < 1.29 is 4.79 Å². The zero-order chi connectivity index (χ0) is 22.5. The SMILES string of the molecule is O=Cc1ccc(-c2ccc(/C=C/c3ccc(N(c4ccccc4)c4ccccc4)cc3)s2)s1. The number of anilines is 3. The Bertz CT molecular complexity index is 1330. The van der Waals surface area contributed by atoms with Crippen molar-refractivity contribution in [3.63, 3.8) is 0 Å². The molecular weight excluding hydrogens is 442 g/mol. The van der Waals surface area contributed by atoms with E-state index in [1.54, 1.807) is 11.3 Å². The predicted molar refractivity (Wildman–Crippen MR) is 143 cm³/mol. The second-order valence-corrected chi connectivity index (χ2v) is 9.68. The highest BCUT2D eigenvalue weighted by atomic mass is 32.1. The number of carbonyl (C=O) groups excluding carboxylic acids is 1. The van der Waals surface area contributed by atoms with Gasteiger partial charge in [-0.25, -0.2) is 0 Å². The molecule has 33 heavy (non-hydrogen) atoms. The van der Waals surface area contributed by atoms with Crippen LogP contribution in [-0.4, -0.2) is 6.29 Å². The van der Waals surface area contributed by atoms with Gasteiger partial charge in [0.1, 0.15) is 0 Å². The van der Waals surface area contributed by atoms with E-state index in [9.17, 15) is 4.79 Å². The number of nitrogens with zero attached hydrogens (tertiary/aromatic N) is 1. The molecule has 5 aromatic rings. The molecule has 0 saturated carbocycles. The number of thiophene rings is 2. The van der Waals surface area contributed by atoms with E-state index < -0.39 is 0 Å². The Morgan fingerprint density at radius 1 is 0.515 bits per heavy atom. The normalized spacial score (nSPS) is 11.0. The van der Waals surface area contributed by atoms with Gasteiger partial charge in [-0.3, -0.25) is 4.79 Å². The summed E-state index contributed by atoms with van der Waals surface area (Å²) in [6, 6.07) is 37.6. The van der Waals surface area contributed by atoms with Crippen molar-refractivity contribution in [3.05, 3.63) is 125 Å². The molecule has 0 aliphatic heterocycles. The Morgan fingerprint density at radius 3 is 1.58 bits per heavy atom. The first-order valence-corrected chi connectivity index (χ1v) is 12.3. The largest absolute Gasteiger partial charge is 0.311 e. The van der Waals surface area contributed by atoms with Crippen LogP contribution in [0.1, 0.15) is 20.1 Å². The first kappa shape index (κ1) is 21.1. The second kappa shape index (κ2) is 9.82. The van der Waals surface area contributed by atoms with Crippen molar-refractivity contribution in [1.29, 1.82) is 0 Å². The first-order chi connectivity index (χ1) is 16.3. The van der Waals surface area contributed by atoms with E-state index in [0.717, 1.165) is 38.7 Å². The Balaban J connectivity index is 1.37. The van der Waals surface area contributed by atoms with Crippen LogP contribution < -0.4 is 4.90 Å². The molecule has 0 atom stereocenters.